The number of nitriles is 1. The van der Waals surface area contributed by atoms with Gasteiger partial charge < -0.3 is 14.6 Å². The molecule has 1 amide bonds. The standard InChI is InChI=1S/C21H19N5O2/c1-28-18-10-13(4-7-23-18)16-11-15-17(5-8-24-19(15)25-16)26-9-6-21(12-22,20(26)27)14-2-3-14/h4-5,7-8,10-11,14H,2-3,6,9H2,1H3,(H,24,25)/t21-/m1/s1. The first-order valence-electron chi connectivity index (χ1n) is 9.37. The maximum Gasteiger partial charge on any atom is 0.247 e. The third-order valence-electron chi connectivity index (χ3n) is 5.88. The molecular formula is C21H19N5O2. The minimum atomic E-state index is -0.854. The molecule has 0 unspecified atom stereocenters. The van der Waals surface area contributed by atoms with E-state index in [2.05, 4.69) is 21.0 Å². The topological polar surface area (TPSA) is 94.9 Å². The smallest absolute Gasteiger partial charge is 0.247 e. The lowest BCUT2D eigenvalue weighted by Gasteiger charge is -2.21. The van der Waals surface area contributed by atoms with Crippen LogP contribution < -0.4 is 9.64 Å². The highest BCUT2D eigenvalue weighted by Crippen LogP contribution is 2.52. The molecule has 1 N–H and O–H groups in total. The van der Waals surface area contributed by atoms with Gasteiger partial charge in [0.2, 0.25) is 11.8 Å². The van der Waals surface area contributed by atoms with Crippen molar-refractivity contribution in [3.63, 3.8) is 0 Å². The summed E-state index contributed by atoms with van der Waals surface area (Å²) >= 11 is 0. The van der Waals surface area contributed by atoms with Crippen LogP contribution in [0.25, 0.3) is 22.3 Å². The Morgan fingerprint density at radius 1 is 1.29 bits per heavy atom. The van der Waals surface area contributed by atoms with Gasteiger partial charge in [-0.15, -0.1) is 0 Å². The van der Waals surface area contributed by atoms with Crippen LogP contribution in [0.5, 0.6) is 5.88 Å². The van der Waals surface area contributed by atoms with E-state index in [1.165, 1.54) is 0 Å². The predicted molar refractivity (Wildman–Crippen MR) is 104 cm³/mol. The molecule has 4 heterocycles. The van der Waals surface area contributed by atoms with Crippen LogP contribution in [0.1, 0.15) is 19.3 Å². The summed E-state index contributed by atoms with van der Waals surface area (Å²) in [7, 11) is 1.58. The second kappa shape index (κ2) is 6.06. The fraction of sp³-hybridized carbons (Fsp3) is 0.333. The first kappa shape index (κ1) is 16.8. The zero-order valence-corrected chi connectivity index (χ0v) is 15.5. The van der Waals surface area contributed by atoms with E-state index >= 15 is 0 Å². The predicted octanol–water partition coefficient (Wildman–Crippen LogP) is 3.29. The first-order valence-corrected chi connectivity index (χ1v) is 9.37. The highest BCUT2D eigenvalue weighted by atomic mass is 16.5. The van der Waals surface area contributed by atoms with Crippen molar-refractivity contribution in [2.24, 2.45) is 11.3 Å². The van der Waals surface area contributed by atoms with Crippen LogP contribution in [0.15, 0.2) is 36.7 Å². The van der Waals surface area contributed by atoms with E-state index in [1.807, 2.05) is 24.3 Å². The summed E-state index contributed by atoms with van der Waals surface area (Å²) in [4.78, 5) is 26.8. The number of hydrogen-bond acceptors (Lipinski definition) is 5. The highest BCUT2D eigenvalue weighted by Gasteiger charge is 2.56. The number of ether oxygens (including phenoxy) is 1. The summed E-state index contributed by atoms with van der Waals surface area (Å²) in [5, 5.41) is 10.6. The zero-order chi connectivity index (χ0) is 19.3. The summed E-state index contributed by atoms with van der Waals surface area (Å²) in [6.07, 6.45) is 5.92. The molecule has 1 aliphatic carbocycles. The number of pyridine rings is 2. The van der Waals surface area contributed by atoms with Gasteiger partial charge in [-0.1, -0.05) is 0 Å². The number of nitrogens with one attached hydrogen (secondary N) is 1. The quantitative estimate of drug-likeness (QED) is 0.757. The van der Waals surface area contributed by atoms with Gasteiger partial charge in [0, 0.05) is 41.6 Å². The van der Waals surface area contributed by atoms with Gasteiger partial charge in [0.05, 0.1) is 18.9 Å². The Kier molecular flexibility index (Phi) is 3.63. The number of amides is 1. The molecule has 7 heteroatoms. The first-order chi connectivity index (χ1) is 13.7. The molecule has 3 aromatic heterocycles. The van der Waals surface area contributed by atoms with Crippen LogP contribution in [0.3, 0.4) is 0 Å². The monoisotopic (exact) mass is 373 g/mol. The van der Waals surface area contributed by atoms with E-state index < -0.39 is 5.41 Å². The largest absolute Gasteiger partial charge is 0.481 e. The highest BCUT2D eigenvalue weighted by molar-refractivity contribution is 6.08. The average Bonchev–Trinajstić information content (AvgIpc) is 3.40. The second-order valence-electron chi connectivity index (χ2n) is 7.43. The number of H-pyrrole nitrogens is 1. The van der Waals surface area contributed by atoms with Crippen molar-refractivity contribution in [3.8, 4) is 23.2 Å². The molecule has 0 bridgehead atoms. The number of nitrogens with zero attached hydrogens (tertiary/aromatic N) is 4. The minimum Gasteiger partial charge on any atom is -0.481 e. The zero-order valence-electron chi connectivity index (χ0n) is 15.5. The number of anilines is 1. The van der Waals surface area contributed by atoms with Crippen LogP contribution in [0, 0.1) is 22.7 Å². The molecule has 1 atom stereocenters. The molecule has 7 nitrogen and oxygen atoms in total. The Labute approximate surface area is 162 Å². The van der Waals surface area contributed by atoms with E-state index in [0.717, 1.165) is 35.2 Å². The van der Waals surface area contributed by atoms with Crippen LogP contribution >= 0.6 is 0 Å². The van der Waals surface area contributed by atoms with E-state index in [-0.39, 0.29) is 11.8 Å². The normalized spacial score (nSPS) is 21.9. The molecule has 2 aliphatic rings. The van der Waals surface area contributed by atoms with E-state index in [1.54, 1.807) is 24.4 Å². The third kappa shape index (κ3) is 2.38. The van der Waals surface area contributed by atoms with Gasteiger partial charge in [-0.25, -0.2) is 9.97 Å². The molecule has 3 aromatic rings. The van der Waals surface area contributed by atoms with Crippen LogP contribution in [-0.4, -0.2) is 34.5 Å². The van der Waals surface area contributed by atoms with Crippen molar-refractivity contribution in [2.75, 3.05) is 18.6 Å². The Morgan fingerprint density at radius 2 is 2.11 bits per heavy atom. The molecule has 0 aromatic carbocycles. The minimum absolute atomic E-state index is 0.0710. The number of carbonyl (C=O) groups is 1. The van der Waals surface area contributed by atoms with Crippen molar-refractivity contribution in [1.82, 2.24) is 15.0 Å². The SMILES string of the molecule is COc1cc(-c2cc3c(N4CC[C@@](C#N)(C5CC5)C4=O)ccnc3[nH]2)ccn1. The average molecular weight is 373 g/mol. The van der Waals surface area contributed by atoms with Crippen molar-refractivity contribution in [3.05, 3.63) is 36.7 Å². The fourth-order valence-electron chi connectivity index (χ4n) is 4.21. The molecular weight excluding hydrogens is 354 g/mol. The summed E-state index contributed by atoms with van der Waals surface area (Å²) < 4.78 is 5.21. The van der Waals surface area contributed by atoms with E-state index in [0.29, 0.717) is 24.5 Å². The Morgan fingerprint density at radius 3 is 2.86 bits per heavy atom. The lowest BCUT2D eigenvalue weighted by atomic mass is 9.83. The van der Waals surface area contributed by atoms with Gasteiger partial charge in [-0.2, -0.15) is 5.26 Å². The molecule has 0 spiro atoms. The van der Waals surface area contributed by atoms with Crippen LogP contribution in [0.4, 0.5) is 5.69 Å². The van der Waals surface area contributed by atoms with Gasteiger partial charge in [-0.3, -0.25) is 4.79 Å². The summed E-state index contributed by atoms with van der Waals surface area (Å²) in [6, 6.07) is 9.92. The van der Waals surface area contributed by atoms with Crippen molar-refractivity contribution in [1.29, 1.82) is 5.26 Å². The maximum absolute atomic E-state index is 13.2. The van der Waals surface area contributed by atoms with Gasteiger partial charge in [0.1, 0.15) is 11.1 Å². The molecule has 0 radical (unpaired) electrons. The molecule has 2 fully saturated rings. The van der Waals surface area contributed by atoms with Crippen LogP contribution in [-0.2, 0) is 4.79 Å². The maximum atomic E-state index is 13.2. The van der Waals surface area contributed by atoms with Crippen molar-refractivity contribution < 1.29 is 9.53 Å². The summed E-state index contributed by atoms with van der Waals surface area (Å²) in [5.74, 6) is 0.666. The number of carbonyl (C=O) groups excluding carboxylic acids is 1. The van der Waals surface area contributed by atoms with E-state index in [9.17, 15) is 10.1 Å². The molecule has 140 valence electrons. The number of hydrogen-bond donors (Lipinski definition) is 1. The summed E-state index contributed by atoms with van der Waals surface area (Å²) in [6.45, 7) is 0.561. The van der Waals surface area contributed by atoms with Gasteiger partial charge in [0.15, 0.2) is 0 Å². The van der Waals surface area contributed by atoms with E-state index in [4.69, 9.17) is 4.74 Å². The Hall–Kier alpha value is -3.40. The lowest BCUT2D eigenvalue weighted by molar-refractivity contribution is -0.123. The van der Waals surface area contributed by atoms with Crippen molar-refractivity contribution >= 4 is 22.6 Å². The van der Waals surface area contributed by atoms with Gasteiger partial charge in [0.25, 0.3) is 0 Å². The summed E-state index contributed by atoms with van der Waals surface area (Å²) in [5.41, 5.74) is 2.45. The van der Waals surface area contributed by atoms with Gasteiger partial charge >= 0.3 is 0 Å². The Balaban J connectivity index is 1.57. The number of fused-ring (bicyclic) bond motifs is 1. The van der Waals surface area contributed by atoms with Gasteiger partial charge in [-0.05, 0) is 43.4 Å². The number of rotatable bonds is 4. The fourth-order valence-corrected chi connectivity index (χ4v) is 4.21. The second-order valence-corrected chi connectivity index (χ2v) is 7.43. The molecule has 1 aliphatic heterocycles. The number of methoxy groups -OCH3 is 1. The third-order valence-corrected chi connectivity index (χ3v) is 5.88. The molecule has 5 rings (SSSR count). The van der Waals surface area contributed by atoms with Crippen molar-refractivity contribution in [2.45, 2.75) is 19.3 Å². The van der Waals surface area contributed by atoms with Crippen LogP contribution in [0.2, 0.25) is 0 Å². The Bertz CT molecular complexity index is 1130. The number of aromatic amines is 1. The molecule has 1 saturated carbocycles. The number of aromatic nitrogens is 3. The molecule has 1 saturated heterocycles. The lowest BCUT2D eigenvalue weighted by Crippen LogP contribution is -2.35. The molecule has 28 heavy (non-hydrogen) atoms.